The molecule has 2 rings (SSSR count). The van der Waals surface area contributed by atoms with Gasteiger partial charge in [-0.05, 0) is 68.6 Å². The normalized spacial score (nSPS) is 31.6. The summed E-state index contributed by atoms with van der Waals surface area (Å²) in [7, 11) is 0. The maximum absolute atomic E-state index is 12.2. The second-order valence-corrected chi connectivity index (χ2v) is 8.56. The summed E-state index contributed by atoms with van der Waals surface area (Å²) in [5.74, 6) is 3.81. The van der Waals surface area contributed by atoms with Crippen molar-refractivity contribution in [2.75, 3.05) is 6.67 Å². The Kier molecular flexibility index (Phi) is 10.1. The highest BCUT2D eigenvalue weighted by atomic mass is 19.1. The highest BCUT2D eigenvalue weighted by Crippen LogP contribution is 2.42. The second kappa shape index (κ2) is 12.1. The quantitative estimate of drug-likeness (QED) is 0.281. The minimum absolute atomic E-state index is 0.201. The highest BCUT2D eigenvalue weighted by Gasteiger charge is 2.30. The van der Waals surface area contributed by atoms with Crippen molar-refractivity contribution in [3.63, 3.8) is 0 Å². The first kappa shape index (κ1) is 20.0. The Morgan fingerprint density at radius 2 is 1.42 bits per heavy atom. The largest absolute Gasteiger partial charge is 0.251 e. The van der Waals surface area contributed by atoms with Gasteiger partial charge in [-0.1, -0.05) is 70.4 Å². The summed E-state index contributed by atoms with van der Waals surface area (Å²) in [6, 6.07) is 0. The number of hydrogen-bond acceptors (Lipinski definition) is 0. The van der Waals surface area contributed by atoms with Crippen molar-refractivity contribution in [2.24, 2.45) is 23.7 Å². The Morgan fingerprint density at radius 1 is 0.792 bits per heavy atom. The molecule has 0 atom stereocenters. The summed E-state index contributed by atoms with van der Waals surface area (Å²) in [6.45, 7) is 2.10. The minimum Gasteiger partial charge on any atom is -0.251 e. The van der Waals surface area contributed by atoms with Gasteiger partial charge in [-0.3, -0.25) is 4.39 Å². The van der Waals surface area contributed by atoms with E-state index in [4.69, 9.17) is 0 Å². The lowest BCUT2D eigenvalue weighted by Crippen LogP contribution is -2.25. The van der Waals surface area contributed by atoms with Gasteiger partial charge in [-0.25, -0.2) is 0 Å². The molecule has 2 saturated carbocycles. The van der Waals surface area contributed by atoms with E-state index in [0.29, 0.717) is 6.42 Å². The molecule has 0 N–H and O–H groups in total. The molecule has 0 amide bonds. The van der Waals surface area contributed by atoms with Crippen molar-refractivity contribution in [3.05, 3.63) is 12.2 Å². The maximum atomic E-state index is 12.2. The Morgan fingerprint density at radius 3 is 2.04 bits per heavy atom. The van der Waals surface area contributed by atoms with E-state index < -0.39 is 0 Å². The average Bonchev–Trinajstić information content (AvgIpc) is 2.63. The van der Waals surface area contributed by atoms with E-state index in [2.05, 4.69) is 19.1 Å². The molecule has 2 aliphatic carbocycles. The number of rotatable bonds is 10. The molecule has 0 radical (unpaired) electrons. The molecule has 140 valence electrons. The van der Waals surface area contributed by atoms with Crippen molar-refractivity contribution in [3.8, 4) is 0 Å². The molecule has 24 heavy (non-hydrogen) atoms. The van der Waals surface area contributed by atoms with Gasteiger partial charge in [0.2, 0.25) is 0 Å². The van der Waals surface area contributed by atoms with Crippen LogP contribution in [0.25, 0.3) is 0 Å². The zero-order valence-corrected chi connectivity index (χ0v) is 16.2. The number of allylic oxidation sites excluding steroid dienone is 2. The van der Waals surface area contributed by atoms with Crippen molar-refractivity contribution in [1.29, 1.82) is 0 Å². The van der Waals surface area contributed by atoms with E-state index in [-0.39, 0.29) is 6.67 Å². The molecule has 0 aromatic carbocycles. The van der Waals surface area contributed by atoms with Crippen LogP contribution in [0, 0.1) is 23.7 Å². The average molecular weight is 337 g/mol. The lowest BCUT2D eigenvalue weighted by Gasteiger charge is -2.37. The van der Waals surface area contributed by atoms with Crippen molar-refractivity contribution in [1.82, 2.24) is 0 Å². The fraction of sp³-hybridized carbons (Fsp3) is 0.913. The van der Waals surface area contributed by atoms with Crippen LogP contribution in [-0.2, 0) is 0 Å². The van der Waals surface area contributed by atoms with Gasteiger partial charge in [-0.2, -0.15) is 0 Å². The number of unbranched alkanes of at least 4 members (excludes halogenated alkanes) is 4. The molecular formula is C23H41F. The Labute approximate surface area is 150 Å². The summed E-state index contributed by atoms with van der Waals surface area (Å²) in [5.41, 5.74) is 0. The van der Waals surface area contributed by atoms with Crippen LogP contribution in [0.1, 0.15) is 103 Å². The van der Waals surface area contributed by atoms with Gasteiger partial charge in [0.1, 0.15) is 0 Å². The molecule has 0 heterocycles. The summed E-state index contributed by atoms with van der Waals surface area (Å²) < 4.78 is 12.2. The van der Waals surface area contributed by atoms with Crippen LogP contribution in [0.5, 0.6) is 0 Å². The monoisotopic (exact) mass is 336 g/mol. The molecule has 0 saturated heterocycles. The van der Waals surface area contributed by atoms with Gasteiger partial charge in [-0.15, -0.1) is 0 Å². The zero-order chi connectivity index (χ0) is 17.0. The Hall–Kier alpha value is -0.330. The van der Waals surface area contributed by atoms with Crippen LogP contribution in [0.2, 0.25) is 0 Å². The van der Waals surface area contributed by atoms with E-state index in [0.717, 1.165) is 23.7 Å². The smallest absolute Gasteiger partial charge is 0.0928 e. The number of alkyl halides is 1. The van der Waals surface area contributed by atoms with Gasteiger partial charge < -0.3 is 0 Å². The van der Waals surface area contributed by atoms with Crippen LogP contribution >= 0.6 is 0 Å². The predicted octanol–water partition coefficient (Wildman–Crippen LogP) is 7.88. The Balaban J connectivity index is 1.56. The van der Waals surface area contributed by atoms with Crippen molar-refractivity contribution < 1.29 is 4.39 Å². The fourth-order valence-electron chi connectivity index (χ4n) is 5.15. The van der Waals surface area contributed by atoms with E-state index in [1.807, 2.05) is 0 Å². The van der Waals surface area contributed by atoms with Crippen LogP contribution < -0.4 is 0 Å². The predicted molar refractivity (Wildman–Crippen MR) is 104 cm³/mol. The van der Waals surface area contributed by atoms with Gasteiger partial charge in [0.15, 0.2) is 0 Å². The third-order valence-corrected chi connectivity index (χ3v) is 6.77. The SMILES string of the molecule is CCCCCCC[C@H]1CC[C@H]([C@H]2CC[C@H](C=CCCF)CC2)CC1. The fourth-order valence-corrected chi connectivity index (χ4v) is 5.15. The third-order valence-electron chi connectivity index (χ3n) is 6.77. The van der Waals surface area contributed by atoms with E-state index in [9.17, 15) is 4.39 Å². The third kappa shape index (κ3) is 7.28. The zero-order valence-electron chi connectivity index (χ0n) is 16.2. The molecular weight excluding hydrogens is 295 g/mol. The molecule has 0 aromatic heterocycles. The van der Waals surface area contributed by atoms with E-state index >= 15 is 0 Å². The molecule has 0 unspecified atom stereocenters. The first-order valence-electron chi connectivity index (χ1n) is 11.1. The van der Waals surface area contributed by atoms with Gasteiger partial charge in [0.05, 0.1) is 6.67 Å². The van der Waals surface area contributed by atoms with Gasteiger partial charge >= 0.3 is 0 Å². The molecule has 0 spiro atoms. The van der Waals surface area contributed by atoms with Crippen LogP contribution in [0.15, 0.2) is 12.2 Å². The number of halogens is 1. The molecule has 0 nitrogen and oxygen atoms in total. The molecule has 1 heteroatoms. The molecule has 2 aliphatic rings. The standard InChI is InChI=1S/C23H41F/c1-2-3-4-5-6-9-20-11-15-22(16-12-20)23-17-13-21(14-18-23)10-7-8-19-24/h7,10,20-23H,2-6,8-9,11-19H2,1H3/t20-,21-,22-,23-. The van der Waals surface area contributed by atoms with E-state index in [1.165, 1.54) is 89.9 Å². The lowest BCUT2D eigenvalue weighted by molar-refractivity contribution is 0.151. The molecule has 0 bridgehead atoms. The van der Waals surface area contributed by atoms with Crippen molar-refractivity contribution in [2.45, 2.75) is 103 Å². The lowest BCUT2D eigenvalue weighted by atomic mass is 9.68. The van der Waals surface area contributed by atoms with Gasteiger partial charge in [0, 0.05) is 0 Å². The topological polar surface area (TPSA) is 0 Å². The summed E-state index contributed by atoms with van der Waals surface area (Å²) in [4.78, 5) is 0. The van der Waals surface area contributed by atoms with E-state index in [1.54, 1.807) is 0 Å². The van der Waals surface area contributed by atoms with Crippen molar-refractivity contribution >= 4 is 0 Å². The van der Waals surface area contributed by atoms with Crippen LogP contribution in [0.4, 0.5) is 4.39 Å². The maximum Gasteiger partial charge on any atom is 0.0928 e. The first-order chi connectivity index (χ1) is 11.8. The molecule has 0 aliphatic heterocycles. The summed E-state index contributed by atoms with van der Waals surface area (Å²) in [6.07, 6.45) is 25.3. The Bertz CT molecular complexity index is 319. The minimum atomic E-state index is -0.201. The van der Waals surface area contributed by atoms with Crippen LogP contribution in [0.3, 0.4) is 0 Å². The highest BCUT2D eigenvalue weighted by molar-refractivity contribution is 4.92. The van der Waals surface area contributed by atoms with Crippen LogP contribution in [-0.4, -0.2) is 6.67 Å². The summed E-state index contributed by atoms with van der Waals surface area (Å²) in [5, 5.41) is 0. The first-order valence-corrected chi connectivity index (χ1v) is 11.1. The molecule has 2 fully saturated rings. The summed E-state index contributed by atoms with van der Waals surface area (Å²) >= 11 is 0. The number of hydrogen-bond donors (Lipinski definition) is 0. The van der Waals surface area contributed by atoms with Gasteiger partial charge in [0.25, 0.3) is 0 Å². The molecule has 0 aromatic rings. The second-order valence-electron chi connectivity index (χ2n) is 8.56.